The number of nitrogens with one attached hydrogen (secondary N) is 1. The molecule has 1 aromatic carbocycles. The van der Waals surface area contributed by atoms with Gasteiger partial charge in [-0.3, -0.25) is 0 Å². The topological polar surface area (TPSA) is 50.9 Å². The van der Waals surface area contributed by atoms with Crippen LogP contribution in [0.15, 0.2) is 36.5 Å². The van der Waals surface area contributed by atoms with Crippen LogP contribution >= 0.6 is 12.2 Å². The average molecular weight is 261 g/mol. The molecule has 0 amide bonds. The second-order valence-electron chi connectivity index (χ2n) is 3.88. The molecule has 0 radical (unpaired) electrons. The number of nitrogens with zero attached hydrogens (tertiary/aromatic N) is 1. The van der Waals surface area contributed by atoms with Crippen molar-refractivity contribution in [3.8, 4) is 0 Å². The fourth-order valence-electron chi connectivity index (χ4n) is 1.52. The maximum Gasteiger partial charge on any atom is 0.130 e. The fourth-order valence-corrected chi connectivity index (χ4v) is 1.64. The van der Waals surface area contributed by atoms with E-state index in [4.69, 9.17) is 18.0 Å². The molecule has 1 heterocycles. The molecule has 0 saturated heterocycles. The van der Waals surface area contributed by atoms with E-state index in [1.807, 2.05) is 6.92 Å². The summed E-state index contributed by atoms with van der Waals surface area (Å²) in [6, 6.07) is 8.10. The van der Waals surface area contributed by atoms with Crippen LogP contribution in [-0.4, -0.2) is 9.97 Å². The summed E-state index contributed by atoms with van der Waals surface area (Å²) < 4.78 is 13.0. The molecule has 2 aromatic rings. The lowest BCUT2D eigenvalue weighted by Crippen LogP contribution is -2.09. The molecule has 92 valence electrons. The van der Waals surface area contributed by atoms with E-state index < -0.39 is 0 Å². The molecule has 0 bridgehead atoms. The first kappa shape index (κ1) is 12.4. The third-order valence-electron chi connectivity index (χ3n) is 2.50. The van der Waals surface area contributed by atoms with E-state index in [9.17, 15) is 4.39 Å². The second kappa shape index (κ2) is 5.10. The van der Waals surface area contributed by atoms with Crippen LogP contribution in [-0.2, 0) is 0 Å². The minimum Gasteiger partial charge on any atom is -0.389 e. The van der Waals surface area contributed by atoms with Crippen LogP contribution in [0.2, 0.25) is 0 Å². The minimum atomic E-state index is -0.255. The number of halogens is 1. The zero-order valence-electron chi connectivity index (χ0n) is 9.77. The summed E-state index contributed by atoms with van der Waals surface area (Å²) in [5.74, 6) is 0.402. The number of aryl methyl sites for hydroxylation is 1. The molecule has 5 heteroatoms. The second-order valence-corrected chi connectivity index (χ2v) is 4.32. The van der Waals surface area contributed by atoms with E-state index in [0.29, 0.717) is 16.4 Å². The predicted molar refractivity (Wildman–Crippen MR) is 74.5 cm³/mol. The summed E-state index contributed by atoms with van der Waals surface area (Å²) in [5.41, 5.74) is 7.83. The number of hydrogen-bond donors (Lipinski definition) is 2. The highest BCUT2D eigenvalue weighted by molar-refractivity contribution is 7.80. The quantitative estimate of drug-likeness (QED) is 0.834. The number of nitrogens with two attached hydrogens (primary N) is 1. The highest BCUT2D eigenvalue weighted by Crippen LogP contribution is 2.19. The Balaban J connectivity index is 2.21. The Morgan fingerprint density at radius 2 is 2.11 bits per heavy atom. The molecule has 3 nitrogen and oxygen atoms in total. The first-order valence-corrected chi connectivity index (χ1v) is 5.76. The molecule has 0 unspecified atom stereocenters. The Kier molecular flexibility index (Phi) is 3.53. The van der Waals surface area contributed by atoms with Crippen molar-refractivity contribution in [1.82, 2.24) is 4.98 Å². The van der Waals surface area contributed by atoms with Crippen LogP contribution in [0, 0.1) is 12.7 Å². The monoisotopic (exact) mass is 261 g/mol. The molecule has 0 aliphatic rings. The predicted octanol–water partition coefficient (Wildman–Crippen LogP) is 2.91. The number of pyridine rings is 1. The van der Waals surface area contributed by atoms with E-state index in [1.165, 1.54) is 12.1 Å². The van der Waals surface area contributed by atoms with Crippen molar-refractivity contribution in [3.63, 3.8) is 0 Å². The lowest BCUT2D eigenvalue weighted by atomic mass is 10.2. The molecule has 1 aromatic heterocycles. The SMILES string of the molecule is Cc1cc(F)ccc1Nc1ccc(C(N)=S)cn1. The molecule has 0 atom stereocenters. The summed E-state index contributed by atoms with van der Waals surface area (Å²) in [5, 5.41) is 3.10. The largest absolute Gasteiger partial charge is 0.389 e. The molecule has 0 saturated carbocycles. The Morgan fingerprint density at radius 3 is 2.67 bits per heavy atom. The van der Waals surface area contributed by atoms with E-state index in [0.717, 1.165) is 11.3 Å². The smallest absolute Gasteiger partial charge is 0.130 e. The van der Waals surface area contributed by atoms with Gasteiger partial charge in [0.15, 0.2) is 0 Å². The van der Waals surface area contributed by atoms with Gasteiger partial charge < -0.3 is 11.1 Å². The van der Waals surface area contributed by atoms with Gasteiger partial charge in [-0.15, -0.1) is 0 Å². The van der Waals surface area contributed by atoms with Gasteiger partial charge in [0.05, 0.1) is 0 Å². The highest BCUT2D eigenvalue weighted by Gasteiger charge is 2.02. The van der Waals surface area contributed by atoms with E-state index >= 15 is 0 Å². The average Bonchev–Trinajstić information content (AvgIpc) is 2.33. The fraction of sp³-hybridized carbons (Fsp3) is 0.0769. The van der Waals surface area contributed by atoms with Gasteiger partial charge in [0, 0.05) is 17.4 Å². The minimum absolute atomic E-state index is 0.255. The number of thiocarbonyl (C=S) groups is 1. The lowest BCUT2D eigenvalue weighted by molar-refractivity contribution is 0.627. The summed E-state index contributed by atoms with van der Waals surface area (Å²) in [6.07, 6.45) is 1.60. The van der Waals surface area contributed by atoms with Gasteiger partial charge in [-0.2, -0.15) is 0 Å². The van der Waals surface area contributed by atoms with Crippen LogP contribution in [0.25, 0.3) is 0 Å². The first-order chi connectivity index (χ1) is 8.56. The van der Waals surface area contributed by atoms with Crippen molar-refractivity contribution in [1.29, 1.82) is 0 Å². The molecule has 0 aliphatic carbocycles. The van der Waals surface area contributed by atoms with Gasteiger partial charge in [0.2, 0.25) is 0 Å². The van der Waals surface area contributed by atoms with Gasteiger partial charge in [-0.1, -0.05) is 12.2 Å². The van der Waals surface area contributed by atoms with Crippen LogP contribution in [0.4, 0.5) is 15.9 Å². The molecule has 2 rings (SSSR count). The van der Waals surface area contributed by atoms with Gasteiger partial charge >= 0.3 is 0 Å². The Morgan fingerprint density at radius 1 is 1.33 bits per heavy atom. The first-order valence-electron chi connectivity index (χ1n) is 5.35. The van der Waals surface area contributed by atoms with Gasteiger partial charge in [0.1, 0.15) is 16.6 Å². The van der Waals surface area contributed by atoms with E-state index in [-0.39, 0.29) is 5.82 Å². The molecule has 3 N–H and O–H groups in total. The third-order valence-corrected chi connectivity index (χ3v) is 2.73. The van der Waals surface area contributed by atoms with Crippen molar-refractivity contribution in [2.75, 3.05) is 5.32 Å². The van der Waals surface area contributed by atoms with Gasteiger partial charge in [-0.25, -0.2) is 9.37 Å². The lowest BCUT2D eigenvalue weighted by Gasteiger charge is -2.09. The Bertz CT molecular complexity index is 581. The van der Waals surface area contributed by atoms with Crippen molar-refractivity contribution in [3.05, 3.63) is 53.5 Å². The zero-order chi connectivity index (χ0) is 13.1. The van der Waals surface area contributed by atoms with Crippen LogP contribution < -0.4 is 11.1 Å². The number of anilines is 2. The van der Waals surface area contributed by atoms with Crippen molar-refractivity contribution >= 4 is 28.7 Å². The zero-order valence-corrected chi connectivity index (χ0v) is 10.6. The summed E-state index contributed by atoms with van der Waals surface area (Å²) in [4.78, 5) is 4.50. The van der Waals surface area contributed by atoms with Gasteiger partial charge in [0.25, 0.3) is 0 Å². The Labute approximate surface area is 110 Å². The van der Waals surface area contributed by atoms with Crippen LogP contribution in [0.1, 0.15) is 11.1 Å². The van der Waals surface area contributed by atoms with Crippen molar-refractivity contribution < 1.29 is 4.39 Å². The number of aromatic nitrogens is 1. The van der Waals surface area contributed by atoms with Crippen molar-refractivity contribution in [2.24, 2.45) is 5.73 Å². The van der Waals surface area contributed by atoms with E-state index in [1.54, 1.807) is 24.4 Å². The molecule has 0 aliphatic heterocycles. The molecular formula is C13H12FN3S. The van der Waals surface area contributed by atoms with E-state index in [2.05, 4.69) is 10.3 Å². The number of hydrogen-bond acceptors (Lipinski definition) is 3. The molecular weight excluding hydrogens is 249 g/mol. The number of benzene rings is 1. The Hall–Kier alpha value is -2.01. The van der Waals surface area contributed by atoms with Crippen LogP contribution in [0.5, 0.6) is 0 Å². The standard InChI is InChI=1S/C13H12FN3S/c1-8-6-10(14)3-4-11(8)17-12-5-2-9(7-16-12)13(15)18/h2-7H,1H3,(H2,15,18)(H,16,17). The molecule has 18 heavy (non-hydrogen) atoms. The maximum atomic E-state index is 13.0. The normalized spacial score (nSPS) is 10.1. The molecule has 0 spiro atoms. The summed E-state index contributed by atoms with van der Waals surface area (Å²) >= 11 is 4.85. The molecule has 0 fully saturated rings. The maximum absolute atomic E-state index is 13.0. The van der Waals surface area contributed by atoms with Crippen molar-refractivity contribution in [2.45, 2.75) is 6.92 Å². The summed E-state index contributed by atoms with van der Waals surface area (Å²) in [7, 11) is 0. The highest BCUT2D eigenvalue weighted by atomic mass is 32.1. The van der Waals surface area contributed by atoms with Crippen LogP contribution in [0.3, 0.4) is 0 Å². The number of rotatable bonds is 3. The third kappa shape index (κ3) is 2.81. The van der Waals surface area contributed by atoms with Gasteiger partial charge in [-0.05, 0) is 42.8 Å². The summed E-state index contributed by atoms with van der Waals surface area (Å²) in [6.45, 7) is 1.83.